The van der Waals surface area contributed by atoms with E-state index in [9.17, 15) is 4.79 Å². The molecule has 0 aromatic carbocycles. The molecule has 4 nitrogen and oxygen atoms in total. The number of nitrogens with zero attached hydrogens (tertiary/aromatic N) is 1. The van der Waals surface area contributed by atoms with Crippen LogP contribution in [0.5, 0.6) is 0 Å². The Morgan fingerprint density at radius 2 is 2.22 bits per heavy atom. The van der Waals surface area contributed by atoms with Crippen LogP contribution in [0.4, 0.5) is 0 Å². The lowest BCUT2D eigenvalue weighted by Crippen LogP contribution is -2.43. The topological polar surface area (TPSA) is 38.8 Å². The van der Waals surface area contributed by atoms with Crippen molar-refractivity contribution in [1.82, 2.24) is 4.90 Å². The molecule has 0 spiro atoms. The Balaban J connectivity index is 1.81. The molecule has 2 heterocycles. The third kappa shape index (κ3) is 3.45. The first-order valence-corrected chi connectivity index (χ1v) is 6.98. The van der Waals surface area contributed by atoms with Gasteiger partial charge in [0.1, 0.15) is 0 Å². The molecule has 0 aromatic rings. The average Bonchev–Trinajstić information content (AvgIpc) is 2.68. The Kier molecular flexibility index (Phi) is 4.28. The highest BCUT2D eigenvalue weighted by Crippen LogP contribution is 2.30. The van der Waals surface area contributed by atoms with Crippen molar-refractivity contribution in [1.29, 1.82) is 0 Å². The van der Waals surface area contributed by atoms with Crippen molar-refractivity contribution in [2.75, 3.05) is 26.7 Å². The van der Waals surface area contributed by atoms with Gasteiger partial charge in [-0.25, -0.2) is 0 Å². The van der Waals surface area contributed by atoms with E-state index in [0.717, 1.165) is 45.3 Å². The number of methoxy groups -OCH3 is 1. The molecule has 0 aliphatic carbocycles. The van der Waals surface area contributed by atoms with E-state index in [2.05, 4.69) is 18.7 Å². The molecule has 4 heteroatoms. The molecule has 104 valence electrons. The summed E-state index contributed by atoms with van der Waals surface area (Å²) in [4.78, 5) is 13.9. The third-order valence-corrected chi connectivity index (χ3v) is 4.06. The van der Waals surface area contributed by atoms with Gasteiger partial charge in [-0.2, -0.15) is 0 Å². The molecule has 2 aliphatic rings. The van der Waals surface area contributed by atoms with Gasteiger partial charge in [0, 0.05) is 13.1 Å². The molecule has 2 rings (SSSR count). The lowest BCUT2D eigenvalue weighted by molar-refractivity contribution is -0.147. The van der Waals surface area contributed by atoms with Crippen LogP contribution in [0.1, 0.15) is 39.5 Å². The summed E-state index contributed by atoms with van der Waals surface area (Å²) in [6.07, 6.45) is 4.63. The van der Waals surface area contributed by atoms with Crippen molar-refractivity contribution in [3.8, 4) is 0 Å². The van der Waals surface area contributed by atoms with Crippen LogP contribution in [0.25, 0.3) is 0 Å². The van der Waals surface area contributed by atoms with Crippen molar-refractivity contribution < 1.29 is 14.3 Å². The van der Waals surface area contributed by atoms with Crippen LogP contribution >= 0.6 is 0 Å². The number of carbonyl (C=O) groups excluding carboxylic acids is 1. The van der Waals surface area contributed by atoms with Gasteiger partial charge in [-0.15, -0.1) is 0 Å². The second-order valence-electron chi connectivity index (χ2n) is 6.16. The summed E-state index contributed by atoms with van der Waals surface area (Å²) >= 11 is 0. The minimum Gasteiger partial charge on any atom is -0.469 e. The zero-order valence-electron chi connectivity index (χ0n) is 11.8. The standard InChI is InChI=1S/C14H25NO3/c1-14(2)7-6-12(18-14)10-15-8-4-5-11(9-15)13(16)17-3/h11-12H,4-10H2,1-3H3. The normalized spacial score (nSPS) is 32.4. The fraction of sp³-hybridized carbons (Fsp3) is 0.929. The van der Waals surface area contributed by atoms with Crippen LogP contribution in [0.3, 0.4) is 0 Å². The van der Waals surface area contributed by atoms with E-state index >= 15 is 0 Å². The zero-order chi connectivity index (χ0) is 13.2. The fourth-order valence-electron chi connectivity index (χ4n) is 3.07. The van der Waals surface area contributed by atoms with E-state index in [1.807, 2.05) is 0 Å². The van der Waals surface area contributed by atoms with E-state index < -0.39 is 0 Å². The second-order valence-corrected chi connectivity index (χ2v) is 6.16. The molecule has 2 saturated heterocycles. The summed E-state index contributed by atoms with van der Waals surface area (Å²) in [5, 5.41) is 0. The molecular weight excluding hydrogens is 230 g/mol. The maximum Gasteiger partial charge on any atom is 0.309 e. The Morgan fingerprint density at radius 1 is 1.44 bits per heavy atom. The van der Waals surface area contributed by atoms with Crippen molar-refractivity contribution >= 4 is 5.97 Å². The molecule has 0 bridgehead atoms. The minimum atomic E-state index is -0.0626. The van der Waals surface area contributed by atoms with Crippen molar-refractivity contribution in [2.45, 2.75) is 51.2 Å². The van der Waals surface area contributed by atoms with Crippen molar-refractivity contribution in [3.05, 3.63) is 0 Å². The van der Waals surface area contributed by atoms with E-state index in [-0.39, 0.29) is 17.5 Å². The molecule has 0 aromatic heterocycles. The van der Waals surface area contributed by atoms with E-state index in [0.29, 0.717) is 6.10 Å². The van der Waals surface area contributed by atoms with Gasteiger partial charge in [0.15, 0.2) is 0 Å². The summed E-state index contributed by atoms with van der Waals surface area (Å²) in [6.45, 7) is 7.17. The number of hydrogen-bond acceptors (Lipinski definition) is 4. The van der Waals surface area contributed by atoms with Crippen molar-refractivity contribution in [2.24, 2.45) is 5.92 Å². The van der Waals surface area contributed by atoms with E-state index in [4.69, 9.17) is 9.47 Å². The molecule has 18 heavy (non-hydrogen) atoms. The highest BCUT2D eigenvalue weighted by atomic mass is 16.5. The molecule has 0 saturated carbocycles. The monoisotopic (exact) mass is 255 g/mol. The number of piperidine rings is 1. The lowest BCUT2D eigenvalue weighted by Gasteiger charge is -2.33. The summed E-state index contributed by atoms with van der Waals surface area (Å²) in [6, 6.07) is 0. The Hall–Kier alpha value is -0.610. The fourth-order valence-corrected chi connectivity index (χ4v) is 3.07. The summed E-state index contributed by atoms with van der Waals surface area (Å²) < 4.78 is 10.9. The molecule has 0 N–H and O–H groups in total. The van der Waals surface area contributed by atoms with Gasteiger partial charge in [-0.1, -0.05) is 0 Å². The summed E-state index contributed by atoms with van der Waals surface area (Å²) in [5.41, 5.74) is 0.0300. The maximum absolute atomic E-state index is 11.6. The highest BCUT2D eigenvalue weighted by molar-refractivity contribution is 5.72. The number of ether oxygens (including phenoxy) is 2. The van der Waals surface area contributed by atoms with Gasteiger partial charge >= 0.3 is 5.97 Å². The average molecular weight is 255 g/mol. The maximum atomic E-state index is 11.6. The highest BCUT2D eigenvalue weighted by Gasteiger charge is 2.34. The van der Waals surface area contributed by atoms with Gasteiger partial charge in [-0.05, 0) is 46.1 Å². The molecule has 2 atom stereocenters. The minimum absolute atomic E-state index is 0.0300. The Labute approximate surface area is 110 Å². The van der Waals surface area contributed by atoms with Gasteiger partial charge < -0.3 is 9.47 Å². The number of esters is 1. The molecule has 2 fully saturated rings. The third-order valence-electron chi connectivity index (χ3n) is 4.06. The van der Waals surface area contributed by atoms with E-state index in [1.54, 1.807) is 0 Å². The van der Waals surface area contributed by atoms with E-state index in [1.165, 1.54) is 7.11 Å². The predicted octanol–water partition coefficient (Wildman–Crippen LogP) is 1.83. The smallest absolute Gasteiger partial charge is 0.309 e. The first-order valence-electron chi connectivity index (χ1n) is 6.98. The first kappa shape index (κ1) is 13.8. The van der Waals surface area contributed by atoms with Gasteiger partial charge in [0.2, 0.25) is 0 Å². The summed E-state index contributed by atoms with van der Waals surface area (Å²) in [7, 11) is 1.48. The van der Waals surface area contributed by atoms with Gasteiger partial charge in [0.05, 0.1) is 24.7 Å². The lowest BCUT2D eigenvalue weighted by atomic mass is 9.97. The van der Waals surface area contributed by atoms with Gasteiger partial charge in [0.25, 0.3) is 0 Å². The van der Waals surface area contributed by atoms with Crippen LogP contribution < -0.4 is 0 Å². The summed E-state index contributed by atoms with van der Waals surface area (Å²) in [5.74, 6) is -0.00877. The quantitative estimate of drug-likeness (QED) is 0.721. The predicted molar refractivity (Wildman–Crippen MR) is 69.4 cm³/mol. The number of hydrogen-bond donors (Lipinski definition) is 0. The van der Waals surface area contributed by atoms with Crippen LogP contribution in [0.15, 0.2) is 0 Å². The SMILES string of the molecule is COC(=O)C1CCCN(CC2CCC(C)(C)O2)C1. The van der Waals surface area contributed by atoms with Crippen LogP contribution in [0, 0.1) is 5.92 Å². The number of likely N-dealkylation sites (tertiary alicyclic amines) is 1. The van der Waals surface area contributed by atoms with Crippen molar-refractivity contribution in [3.63, 3.8) is 0 Å². The molecular formula is C14H25NO3. The number of rotatable bonds is 3. The molecule has 2 unspecified atom stereocenters. The Morgan fingerprint density at radius 3 is 2.83 bits per heavy atom. The van der Waals surface area contributed by atoms with Crippen LogP contribution in [0.2, 0.25) is 0 Å². The molecule has 0 amide bonds. The number of carbonyl (C=O) groups is 1. The molecule has 0 radical (unpaired) electrons. The second kappa shape index (κ2) is 5.57. The van der Waals surface area contributed by atoms with Crippen LogP contribution in [-0.4, -0.2) is 49.3 Å². The van der Waals surface area contributed by atoms with Gasteiger partial charge in [-0.3, -0.25) is 9.69 Å². The zero-order valence-corrected chi connectivity index (χ0v) is 11.8. The Bertz CT molecular complexity index is 303. The molecule has 2 aliphatic heterocycles. The van der Waals surface area contributed by atoms with Crippen LogP contribution in [-0.2, 0) is 14.3 Å². The first-order chi connectivity index (χ1) is 8.50. The largest absolute Gasteiger partial charge is 0.469 e.